The molecule has 3 atom stereocenters. The number of methoxy groups -OCH3 is 1. The van der Waals surface area contributed by atoms with Crippen molar-refractivity contribution >= 4 is 0 Å². The summed E-state index contributed by atoms with van der Waals surface area (Å²) >= 11 is 0. The summed E-state index contributed by atoms with van der Waals surface area (Å²) < 4.78 is 10.8. The van der Waals surface area contributed by atoms with Crippen molar-refractivity contribution in [3.8, 4) is 5.75 Å². The van der Waals surface area contributed by atoms with E-state index in [0.29, 0.717) is 18.0 Å². The van der Waals surface area contributed by atoms with Gasteiger partial charge >= 0.3 is 0 Å². The van der Waals surface area contributed by atoms with Gasteiger partial charge in [-0.2, -0.15) is 0 Å². The van der Waals surface area contributed by atoms with Crippen LogP contribution in [0.15, 0.2) is 24.3 Å². The summed E-state index contributed by atoms with van der Waals surface area (Å²) in [6.45, 7) is 4.99. The van der Waals surface area contributed by atoms with Crippen LogP contribution in [0.25, 0.3) is 0 Å². The summed E-state index contributed by atoms with van der Waals surface area (Å²) in [5.74, 6) is 1.55. The van der Waals surface area contributed by atoms with Crippen LogP contribution in [-0.4, -0.2) is 51.9 Å². The van der Waals surface area contributed by atoms with Crippen LogP contribution in [0.3, 0.4) is 0 Å². The third-order valence-corrected chi connectivity index (χ3v) is 4.41. The predicted molar refractivity (Wildman–Crippen MR) is 85.8 cm³/mol. The molecule has 0 spiro atoms. The molecule has 3 unspecified atom stereocenters. The Labute approximate surface area is 128 Å². The zero-order chi connectivity index (χ0) is 15.2. The Morgan fingerprint density at radius 2 is 2.24 bits per heavy atom. The van der Waals surface area contributed by atoms with E-state index in [-0.39, 0.29) is 0 Å². The van der Waals surface area contributed by atoms with Gasteiger partial charge in [0.05, 0.1) is 13.7 Å². The largest absolute Gasteiger partial charge is 0.497 e. The zero-order valence-corrected chi connectivity index (χ0v) is 13.6. The first-order chi connectivity index (χ1) is 10.1. The lowest BCUT2D eigenvalue weighted by Crippen LogP contribution is -2.39. The van der Waals surface area contributed by atoms with E-state index in [9.17, 15) is 0 Å². The monoisotopic (exact) mass is 292 g/mol. The molecule has 4 nitrogen and oxygen atoms in total. The minimum atomic E-state index is 0.338. The number of likely N-dealkylation sites (N-methyl/N-ethyl adjacent to an activating group) is 1. The molecule has 0 saturated carbocycles. The molecule has 0 amide bonds. The summed E-state index contributed by atoms with van der Waals surface area (Å²) in [7, 11) is 5.95. The molecular weight excluding hydrogens is 264 g/mol. The highest BCUT2D eigenvalue weighted by Crippen LogP contribution is 2.23. The lowest BCUT2D eigenvalue weighted by atomic mass is 9.99. The third kappa shape index (κ3) is 4.43. The van der Waals surface area contributed by atoms with Crippen LogP contribution < -0.4 is 10.1 Å². The van der Waals surface area contributed by atoms with Gasteiger partial charge in [-0.1, -0.05) is 12.1 Å². The second kappa shape index (κ2) is 7.78. The summed E-state index contributed by atoms with van der Waals surface area (Å²) in [6.07, 6.45) is 1.17. The van der Waals surface area contributed by atoms with Crippen LogP contribution in [0.2, 0.25) is 0 Å². The van der Waals surface area contributed by atoms with Crippen molar-refractivity contribution in [3.63, 3.8) is 0 Å². The molecule has 1 saturated heterocycles. The molecule has 118 valence electrons. The minimum Gasteiger partial charge on any atom is -0.497 e. The molecule has 4 heteroatoms. The fourth-order valence-electron chi connectivity index (χ4n) is 2.86. The van der Waals surface area contributed by atoms with Gasteiger partial charge in [0, 0.05) is 25.2 Å². The maximum Gasteiger partial charge on any atom is 0.119 e. The summed E-state index contributed by atoms with van der Waals surface area (Å²) in [5.41, 5.74) is 1.28. The molecule has 1 aliphatic rings. The van der Waals surface area contributed by atoms with Gasteiger partial charge in [-0.05, 0) is 51.1 Å². The first-order valence-electron chi connectivity index (χ1n) is 7.73. The van der Waals surface area contributed by atoms with Crippen LogP contribution in [0, 0.1) is 5.92 Å². The van der Waals surface area contributed by atoms with Crippen LogP contribution in [0.1, 0.15) is 24.9 Å². The number of ether oxygens (including phenoxy) is 2. The van der Waals surface area contributed by atoms with Gasteiger partial charge in [0.15, 0.2) is 0 Å². The number of hydrogen-bond donors (Lipinski definition) is 1. The van der Waals surface area contributed by atoms with Crippen molar-refractivity contribution in [3.05, 3.63) is 29.8 Å². The van der Waals surface area contributed by atoms with Crippen LogP contribution >= 0.6 is 0 Å². The maximum atomic E-state index is 5.48. The molecule has 1 aromatic carbocycles. The first-order valence-corrected chi connectivity index (χ1v) is 7.73. The van der Waals surface area contributed by atoms with E-state index >= 15 is 0 Å². The Hall–Kier alpha value is -1.10. The summed E-state index contributed by atoms with van der Waals surface area (Å²) in [5, 5.41) is 3.68. The van der Waals surface area contributed by atoms with Crippen molar-refractivity contribution in [1.82, 2.24) is 10.2 Å². The Morgan fingerprint density at radius 3 is 2.86 bits per heavy atom. The third-order valence-electron chi connectivity index (χ3n) is 4.41. The van der Waals surface area contributed by atoms with Crippen LogP contribution in [0.4, 0.5) is 0 Å². The highest BCUT2D eigenvalue weighted by molar-refractivity contribution is 5.30. The Kier molecular flexibility index (Phi) is 6.03. The van der Waals surface area contributed by atoms with Gasteiger partial charge in [-0.3, -0.25) is 0 Å². The van der Waals surface area contributed by atoms with E-state index in [1.165, 1.54) is 12.0 Å². The molecule has 0 bridgehead atoms. The molecule has 0 aromatic heterocycles. The second-order valence-corrected chi connectivity index (χ2v) is 6.08. The number of hydrogen-bond acceptors (Lipinski definition) is 4. The van der Waals surface area contributed by atoms with E-state index in [1.807, 2.05) is 6.07 Å². The maximum absolute atomic E-state index is 5.48. The molecule has 1 N–H and O–H groups in total. The van der Waals surface area contributed by atoms with E-state index in [2.05, 4.69) is 49.4 Å². The Morgan fingerprint density at radius 1 is 1.43 bits per heavy atom. The molecule has 1 aromatic rings. The number of rotatable bonds is 7. The molecule has 2 rings (SSSR count). The van der Waals surface area contributed by atoms with Gasteiger partial charge in [-0.15, -0.1) is 0 Å². The standard InChI is InChI=1S/C17H28N2O2/c1-13(15-8-9-21-12-15)18-11-17(19(2)3)14-6-5-7-16(10-14)20-4/h5-7,10,13,15,17-18H,8-9,11-12H2,1-4H3. The SMILES string of the molecule is COc1cccc(C(CNC(C)C2CCOC2)N(C)C)c1. The minimum absolute atomic E-state index is 0.338. The van der Waals surface area contributed by atoms with Crippen molar-refractivity contribution in [2.75, 3.05) is 41.0 Å². The van der Waals surface area contributed by atoms with Gasteiger partial charge in [-0.25, -0.2) is 0 Å². The quantitative estimate of drug-likeness (QED) is 0.836. The van der Waals surface area contributed by atoms with Crippen molar-refractivity contribution < 1.29 is 9.47 Å². The van der Waals surface area contributed by atoms with Crippen molar-refractivity contribution in [1.29, 1.82) is 0 Å². The second-order valence-electron chi connectivity index (χ2n) is 6.08. The van der Waals surface area contributed by atoms with Crippen LogP contribution in [-0.2, 0) is 4.74 Å². The average Bonchev–Trinajstić information content (AvgIpc) is 3.01. The Bertz CT molecular complexity index is 431. The van der Waals surface area contributed by atoms with E-state index < -0.39 is 0 Å². The van der Waals surface area contributed by atoms with Crippen molar-refractivity contribution in [2.45, 2.75) is 25.4 Å². The molecule has 1 aliphatic heterocycles. The molecule has 0 radical (unpaired) electrons. The number of nitrogens with zero attached hydrogens (tertiary/aromatic N) is 1. The molecule has 21 heavy (non-hydrogen) atoms. The normalized spacial score (nSPS) is 21.5. The highest BCUT2D eigenvalue weighted by Gasteiger charge is 2.23. The van der Waals surface area contributed by atoms with Crippen LogP contribution in [0.5, 0.6) is 5.75 Å². The molecular formula is C17H28N2O2. The number of benzene rings is 1. The van der Waals surface area contributed by atoms with Gasteiger partial charge in [0.2, 0.25) is 0 Å². The summed E-state index contributed by atoms with van der Waals surface area (Å²) in [6, 6.07) is 9.15. The van der Waals surface area contributed by atoms with E-state index in [1.54, 1.807) is 7.11 Å². The zero-order valence-electron chi connectivity index (χ0n) is 13.6. The van der Waals surface area contributed by atoms with E-state index in [4.69, 9.17) is 9.47 Å². The Balaban J connectivity index is 1.98. The fraction of sp³-hybridized carbons (Fsp3) is 0.647. The van der Waals surface area contributed by atoms with Gasteiger partial charge in [0.1, 0.15) is 5.75 Å². The smallest absolute Gasteiger partial charge is 0.119 e. The topological polar surface area (TPSA) is 33.7 Å². The number of nitrogens with one attached hydrogen (secondary N) is 1. The average molecular weight is 292 g/mol. The van der Waals surface area contributed by atoms with Gasteiger partial charge < -0.3 is 19.7 Å². The molecule has 1 fully saturated rings. The lowest BCUT2D eigenvalue weighted by molar-refractivity contribution is 0.176. The fourth-order valence-corrected chi connectivity index (χ4v) is 2.86. The van der Waals surface area contributed by atoms with Crippen molar-refractivity contribution in [2.24, 2.45) is 5.92 Å². The lowest BCUT2D eigenvalue weighted by Gasteiger charge is -2.28. The molecule has 0 aliphatic carbocycles. The van der Waals surface area contributed by atoms with Gasteiger partial charge in [0.25, 0.3) is 0 Å². The highest BCUT2D eigenvalue weighted by atomic mass is 16.5. The molecule has 1 heterocycles. The first kappa shape index (κ1) is 16.3. The predicted octanol–water partition coefficient (Wildman–Crippen LogP) is 2.31. The summed E-state index contributed by atoms with van der Waals surface area (Å²) in [4.78, 5) is 2.25. The van der Waals surface area contributed by atoms with E-state index in [0.717, 1.165) is 25.5 Å².